The molecule has 0 saturated heterocycles. The molecule has 94 valence electrons. The Kier molecular flexibility index (Phi) is 5.70. The van der Waals surface area contributed by atoms with Gasteiger partial charge in [-0.1, -0.05) is 31.5 Å². The molecule has 1 aromatic carbocycles. The van der Waals surface area contributed by atoms with Crippen molar-refractivity contribution in [3.05, 3.63) is 35.9 Å². The molecule has 17 heavy (non-hydrogen) atoms. The van der Waals surface area contributed by atoms with Crippen molar-refractivity contribution in [3.63, 3.8) is 0 Å². The van der Waals surface area contributed by atoms with Gasteiger partial charge in [-0.25, -0.2) is 4.79 Å². The van der Waals surface area contributed by atoms with Crippen LogP contribution in [-0.4, -0.2) is 23.6 Å². The predicted molar refractivity (Wildman–Crippen MR) is 68.6 cm³/mol. The minimum Gasteiger partial charge on any atom is -0.364 e. The largest absolute Gasteiger partial charge is 0.364 e. The highest BCUT2D eigenvalue weighted by Gasteiger charge is 2.15. The maximum Gasteiger partial charge on any atom is 0.357 e. The first-order chi connectivity index (χ1) is 8.15. The van der Waals surface area contributed by atoms with Crippen LogP contribution < -0.4 is 0 Å². The van der Waals surface area contributed by atoms with Crippen LogP contribution in [0.3, 0.4) is 0 Å². The second-order valence-electron chi connectivity index (χ2n) is 4.33. The van der Waals surface area contributed by atoms with Crippen molar-refractivity contribution in [3.8, 4) is 0 Å². The highest BCUT2D eigenvalue weighted by molar-refractivity contribution is 5.89. The maximum absolute atomic E-state index is 11.9. The Balaban J connectivity index is 2.58. The topological polar surface area (TPSA) is 29.5 Å². The maximum atomic E-state index is 11.9. The van der Waals surface area contributed by atoms with Gasteiger partial charge in [0, 0.05) is 12.6 Å². The lowest BCUT2D eigenvalue weighted by Crippen LogP contribution is -2.34. The SMILES string of the molecule is CCCCN(OC(=O)c1ccccc1)C(C)C. The summed E-state index contributed by atoms with van der Waals surface area (Å²) in [5.74, 6) is -0.282. The van der Waals surface area contributed by atoms with Crippen molar-refractivity contribution in [2.24, 2.45) is 0 Å². The van der Waals surface area contributed by atoms with Crippen molar-refractivity contribution < 1.29 is 9.63 Å². The third kappa shape index (κ3) is 4.57. The molecule has 1 rings (SSSR count). The molecule has 0 saturated carbocycles. The van der Waals surface area contributed by atoms with E-state index in [0.29, 0.717) is 5.56 Å². The van der Waals surface area contributed by atoms with Gasteiger partial charge >= 0.3 is 5.97 Å². The van der Waals surface area contributed by atoms with Gasteiger partial charge in [-0.2, -0.15) is 0 Å². The number of rotatable bonds is 6. The Labute approximate surface area is 103 Å². The number of hydroxylamine groups is 2. The minimum absolute atomic E-state index is 0.203. The molecule has 0 aromatic heterocycles. The number of carbonyl (C=O) groups excluding carboxylic acids is 1. The molecule has 0 aliphatic heterocycles. The van der Waals surface area contributed by atoms with Gasteiger partial charge in [0.1, 0.15) is 0 Å². The lowest BCUT2D eigenvalue weighted by atomic mass is 10.2. The van der Waals surface area contributed by atoms with Crippen LogP contribution in [0.1, 0.15) is 44.0 Å². The van der Waals surface area contributed by atoms with E-state index in [2.05, 4.69) is 6.92 Å². The number of benzene rings is 1. The van der Waals surface area contributed by atoms with E-state index >= 15 is 0 Å². The lowest BCUT2D eigenvalue weighted by molar-refractivity contribution is -0.130. The smallest absolute Gasteiger partial charge is 0.357 e. The van der Waals surface area contributed by atoms with Gasteiger partial charge in [0.15, 0.2) is 0 Å². The van der Waals surface area contributed by atoms with Gasteiger partial charge in [0.05, 0.1) is 5.56 Å². The first-order valence-corrected chi connectivity index (χ1v) is 6.19. The van der Waals surface area contributed by atoms with Crippen molar-refractivity contribution in [1.29, 1.82) is 0 Å². The third-order valence-electron chi connectivity index (χ3n) is 2.52. The number of nitrogens with zero attached hydrogens (tertiary/aromatic N) is 1. The lowest BCUT2D eigenvalue weighted by Gasteiger charge is -2.24. The number of hydrogen-bond donors (Lipinski definition) is 0. The normalized spacial score (nSPS) is 10.9. The molecule has 0 radical (unpaired) electrons. The molecule has 1 aromatic rings. The summed E-state index contributed by atoms with van der Waals surface area (Å²) in [7, 11) is 0. The van der Waals surface area contributed by atoms with E-state index in [1.165, 1.54) is 0 Å². The van der Waals surface area contributed by atoms with E-state index in [0.717, 1.165) is 19.4 Å². The first-order valence-electron chi connectivity index (χ1n) is 6.19. The Morgan fingerprint density at radius 3 is 2.47 bits per heavy atom. The van der Waals surface area contributed by atoms with Crippen LogP contribution in [0.4, 0.5) is 0 Å². The third-order valence-corrected chi connectivity index (χ3v) is 2.52. The van der Waals surface area contributed by atoms with E-state index in [1.54, 1.807) is 17.2 Å². The summed E-state index contributed by atoms with van der Waals surface area (Å²) in [6.07, 6.45) is 2.12. The Bertz CT molecular complexity index is 335. The van der Waals surface area contributed by atoms with Crippen LogP contribution in [0, 0.1) is 0 Å². The summed E-state index contributed by atoms with van der Waals surface area (Å²) in [5, 5.41) is 1.75. The fourth-order valence-electron chi connectivity index (χ4n) is 1.46. The summed E-state index contributed by atoms with van der Waals surface area (Å²) in [6, 6.07) is 9.29. The molecule has 3 nitrogen and oxygen atoms in total. The first kappa shape index (κ1) is 13.7. The van der Waals surface area contributed by atoms with Gasteiger partial charge in [0.25, 0.3) is 0 Å². The summed E-state index contributed by atoms with van der Waals surface area (Å²) in [4.78, 5) is 17.3. The standard InChI is InChI=1S/C14H21NO2/c1-4-5-11-15(12(2)3)17-14(16)13-9-7-6-8-10-13/h6-10,12H,4-5,11H2,1-3H3. The zero-order chi connectivity index (χ0) is 12.7. The molecule has 0 amide bonds. The zero-order valence-electron chi connectivity index (χ0n) is 10.8. The Hall–Kier alpha value is -1.35. The highest BCUT2D eigenvalue weighted by Crippen LogP contribution is 2.07. The molecule has 0 fully saturated rings. The molecule has 0 spiro atoms. The van der Waals surface area contributed by atoms with Crippen LogP contribution in [-0.2, 0) is 4.84 Å². The number of unbranched alkanes of at least 4 members (excludes halogenated alkanes) is 1. The molecule has 0 bridgehead atoms. The summed E-state index contributed by atoms with van der Waals surface area (Å²) in [6.45, 7) is 6.95. The summed E-state index contributed by atoms with van der Waals surface area (Å²) < 4.78 is 0. The average Bonchev–Trinajstić information content (AvgIpc) is 2.35. The fraction of sp³-hybridized carbons (Fsp3) is 0.500. The van der Waals surface area contributed by atoms with E-state index in [-0.39, 0.29) is 12.0 Å². The number of carbonyl (C=O) groups is 1. The Morgan fingerprint density at radius 2 is 1.94 bits per heavy atom. The van der Waals surface area contributed by atoms with Gasteiger partial charge in [-0.15, -0.1) is 5.06 Å². The van der Waals surface area contributed by atoms with E-state index < -0.39 is 0 Å². The molecule has 0 aliphatic rings. The van der Waals surface area contributed by atoms with Crippen molar-refractivity contribution in [2.75, 3.05) is 6.54 Å². The predicted octanol–water partition coefficient (Wildman–Crippen LogP) is 3.27. The van der Waals surface area contributed by atoms with Crippen LogP contribution in [0.25, 0.3) is 0 Å². The summed E-state index contributed by atoms with van der Waals surface area (Å²) in [5.41, 5.74) is 0.592. The van der Waals surface area contributed by atoms with Crippen molar-refractivity contribution in [2.45, 2.75) is 39.7 Å². The van der Waals surface area contributed by atoms with Crippen LogP contribution in [0.5, 0.6) is 0 Å². The van der Waals surface area contributed by atoms with Gasteiger partial charge in [-0.3, -0.25) is 0 Å². The molecule has 3 heteroatoms. The zero-order valence-corrected chi connectivity index (χ0v) is 10.8. The van der Waals surface area contributed by atoms with E-state index in [4.69, 9.17) is 4.84 Å². The summed E-state index contributed by atoms with van der Waals surface area (Å²) >= 11 is 0. The second-order valence-corrected chi connectivity index (χ2v) is 4.33. The second kappa shape index (κ2) is 7.07. The van der Waals surface area contributed by atoms with Crippen molar-refractivity contribution in [1.82, 2.24) is 5.06 Å². The van der Waals surface area contributed by atoms with E-state index in [1.807, 2.05) is 32.0 Å². The minimum atomic E-state index is -0.282. The van der Waals surface area contributed by atoms with Gasteiger partial charge in [0.2, 0.25) is 0 Å². The van der Waals surface area contributed by atoms with Crippen molar-refractivity contribution >= 4 is 5.97 Å². The highest BCUT2D eigenvalue weighted by atomic mass is 16.7. The van der Waals surface area contributed by atoms with E-state index in [9.17, 15) is 4.79 Å². The fourth-order valence-corrected chi connectivity index (χ4v) is 1.46. The van der Waals surface area contributed by atoms with Gasteiger partial charge < -0.3 is 4.84 Å². The molecule has 0 atom stereocenters. The molecule has 0 unspecified atom stereocenters. The molecule has 0 N–H and O–H groups in total. The van der Waals surface area contributed by atoms with Crippen LogP contribution in [0.15, 0.2) is 30.3 Å². The number of hydrogen-bond acceptors (Lipinski definition) is 3. The quantitative estimate of drug-likeness (QED) is 0.709. The molecular formula is C14H21NO2. The van der Waals surface area contributed by atoms with Crippen LogP contribution >= 0.6 is 0 Å². The molecule has 0 heterocycles. The van der Waals surface area contributed by atoms with Gasteiger partial charge in [-0.05, 0) is 32.4 Å². The van der Waals surface area contributed by atoms with Crippen LogP contribution in [0.2, 0.25) is 0 Å². The molecular weight excluding hydrogens is 214 g/mol. The Morgan fingerprint density at radius 1 is 1.29 bits per heavy atom. The monoisotopic (exact) mass is 235 g/mol. The average molecular weight is 235 g/mol. The molecule has 0 aliphatic carbocycles.